The van der Waals surface area contributed by atoms with E-state index in [0.717, 1.165) is 23.9 Å². The minimum atomic E-state index is -0.00479. The summed E-state index contributed by atoms with van der Waals surface area (Å²) >= 11 is 6.14. The van der Waals surface area contributed by atoms with Crippen molar-refractivity contribution in [3.63, 3.8) is 0 Å². The van der Waals surface area contributed by atoms with Crippen molar-refractivity contribution in [2.45, 2.75) is 32.7 Å². The van der Waals surface area contributed by atoms with Crippen molar-refractivity contribution in [1.82, 2.24) is 10.3 Å². The fourth-order valence-corrected chi connectivity index (χ4v) is 2.31. The number of pyridine rings is 1. The SMILES string of the molecule is CC(C)NCCCC(=O)Nc1ccc(Cl)c2cccnc12. The van der Waals surface area contributed by atoms with E-state index in [0.29, 0.717) is 23.2 Å². The highest BCUT2D eigenvalue weighted by Crippen LogP contribution is 2.27. The third kappa shape index (κ3) is 4.41. The van der Waals surface area contributed by atoms with Crippen molar-refractivity contribution < 1.29 is 4.79 Å². The van der Waals surface area contributed by atoms with Crippen molar-refractivity contribution in [2.75, 3.05) is 11.9 Å². The first kappa shape index (κ1) is 15.7. The molecule has 1 heterocycles. The first-order chi connectivity index (χ1) is 10.1. The van der Waals surface area contributed by atoms with Crippen LogP contribution in [-0.2, 0) is 4.79 Å². The third-order valence-corrected chi connectivity index (χ3v) is 3.45. The second-order valence-electron chi connectivity index (χ2n) is 5.26. The van der Waals surface area contributed by atoms with E-state index in [1.165, 1.54) is 0 Å². The fourth-order valence-electron chi connectivity index (χ4n) is 2.09. The molecule has 0 aliphatic heterocycles. The van der Waals surface area contributed by atoms with E-state index in [2.05, 4.69) is 29.5 Å². The molecule has 0 atom stereocenters. The van der Waals surface area contributed by atoms with Gasteiger partial charge in [-0.25, -0.2) is 0 Å². The summed E-state index contributed by atoms with van der Waals surface area (Å²) in [5.41, 5.74) is 1.43. The average Bonchev–Trinajstić information content (AvgIpc) is 2.47. The van der Waals surface area contributed by atoms with Gasteiger partial charge in [-0.2, -0.15) is 0 Å². The highest BCUT2D eigenvalue weighted by atomic mass is 35.5. The Hall–Kier alpha value is -1.65. The Balaban J connectivity index is 2.00. The fraction of sp³-hybridized carbons (Fsp3) is 0.375. The zero-order valence-electron chi connectivity index (χ0n) is 12.3. The van der Waals surface area contributed by atoms with E-state index in [1.807, 2.05) is 12.1 Å². The first-order valence-electron chi connectivity index (χ1n) is 7.14. The number of benzene rings is 1. The molecular formula is C16H20ClN3O. The van der Waals surface area contributed by atoms with Crippen molar-refractivity contribution >= 4 is 34.1 Å². The molecule has 1 aromatic carbocycles. The molecule has 2 aromatic rings. The summed E-state index contributed by atoms with van der Waals surface area (Å²) in [6.07, 6.45) is 2.99. The number of anilines is 1. The van der Waals surface area contributed by atoms with Gasteiger partial charge < -0.3 is 10.6 Å². The quantitative estimate of drug-likeness (QED) is 0.802. The van der Waals surface area contributed by atoms with Crippen molar-refractivity contribution in [3.05, 3.63) is 35.5 Å². The lowest BCUT2D eigenvalue weighted by Gasteiger charge is -2.10. The molecule has 2 N–H and O–H groups in total. The number of halogens is 1. The number of carbonyl (C=O) groups is 1. The van der Waals surface area contributed by atoms with Crippen molar-refractivity contribution in [2.24, 2.45) is 0 Å². The summed E-state index contributed by atoms with van der Waals surface area (Å²) in [5.74, 6) is -0.00479. The third-order valence-electron chi connectivity index (χ3n) is 3.12. The minimum Gasteiger partial charge on any atom is -0.324 e. The number of hydrogen-bond donors (Lipinski definition) is 2. The van der Waals surface area contributed by atoms with E-state index in [4.69, 9.17) is 11.6 Å². The maximum absolute atomic E-state index is 12.0. The summed E-state index contributed by atoms with van der Waals surface area (Å²) in [6, 6.07) is 7.74. The standard InChI is InChI=1S/C16H20ClN3O/c1-11(2)18-9-4-6-15(21)20-14-8-7-13(17)12-5-3-10-19-16(12)14/h3,5,7-8,10-11,18H,4,6,9H2,1-2H3,(H,20,21). The van der Waals surface area contributed by atoms with Gasteiger partial charge in [-0.05, 0) is 37.2 Å². The zero-order chi connectivity index (χ0) is 15.2. The summed E-state index contributed by atoms with van der Waals surface area (Å²) in [7, 11) is 0. The van der Waals surface area contributed by atoms with Gasteiger partial charge in [-0.15, -0.1) is 0 Å². The predicted octanol–water partition coefficient (Wildman–Crippen LogP) is 3.60. The molecule has 0 radical (unpaired) electrons. The van der Waals surface area contributed by atoms with Gasteiger partial charge in [0.15, 0.2) is 0 Å². The van der Waals surface area contributed by atoms with Crippen LogP contribution in [0.4, 0.5) is 5.69 Å². The lowest BCUT2D eigenvalue weighted by molar-refractivity contribution is -0.116. The predicted molar refractivity (Wildman–Crippen MR) is 87.8 cm³/mol. The molecule has 1 aromatic heterocycles. The number of aromatic nitrogens is 1. The number of nitrogens with one attached hydrogen (secondary N) is 2. The van der Waals surface area contributed by atoms with Gasteiger partial charge in [-0.3, -0.25) is 9.78 Å². The van der Waals surface area contributed by atoms with Gasteiger partial charge in [0.1, 0.15) is 0 Å². The highest BCUT2D eigenvalue weighted by Gasteiger charge is 2.08. The maximum Gasteiger partial charge on any atom is 0.224 e. The van der Waals surface area contributed by atoms with Crippen LogP contribution in [0.5, 0.6) is 0 Å². The topological polar surface area (TPSA) is 54.0 Å². The van der Waals surface area contributed by atoms with E-state index >= 15 is 0 Å². The van der Waals surface area contributed by atoms with Gasteiger partial charge in [0.25, 0.3) is 0 Å². The largest absolute Gasteiger partial charge is 0.324 e. The summed E-state index contributed by atoms with van der Waals surface area (Å²) in [5, 5.41) is 7.69. The number of nitrogens with zero attached hydrogens (tertiary/aromatic N) is 1. The monoisotopic (exact) mass is 305 g/mol. The Bertz CT molecular complexity index is 628. The van der Waals surface area contributed by atoms with Crippen molar-refractivity contribution in [3.8, 4) is 0 Å². The maximum atomic E-state index is 12.0. The van der Waals surface area contributed by atoms with Crippen LogP contribution in [0.1, 0.15) is 26.7 Å². The van der Waals surface area contributed by atoms with Gasteiger partial charge in [0.2, 0.25) is 5.91 Å². The van der Waals surface area contributed by atoms with Gasteiger partial charge in [0, 0.05) is 24.0 Å². The molecule has 0 unspecified atom stereocenters. The van der Waals surface area contributed by atoms with Gasteiger partial charge in [-0.1, -0.05) is 25.4 Å². The number of fused-ring (bicyclic) bond motifs is 1. The van der Waals surface area contributed by atoms with Crippen LogP contribution in [-0.4, -0.2) is 23.5 Å². The molecule has 0 fully saturated rings. The van der Waals surface area contributed by atoms with E-state index in [-0.39, 0.29) is 5.91 Å². The van der Waals surface area contributed by atoms with Crippen LogP contribution in [0.2, 0.25) is 5.02 Å². The molecule has 0 bridgehead atoms. The Kier molecular flexibility index (Phi) is 5.53. The highest BCUT2D eigenvalue weighted by molar-refractivity contribution is 6.35. The molecule has 5 heteroatoms. The molecule has 2 rings (SSSR count). The average molecular weight is 306 g/mol. The number of carbonyl (C=O) groups excluding carboxylic acids is 1. The Morgan fingerprint density at radius 3 is 2.90 bits per heavy atom. The van der Waals surface area contributed by atoms with Crippen molar-refractivity contribution in [1.29, 1.82) is 0 Å². The molecular weight excluding hydrogens is 286 g/mol. The molecule has 0 saturated carbocycles. The summed E-state index contributed by atoms with van der Waals surface area (Å²) in [4.78, 5) is 16.3. The molecule has 0 aliphatic carbocycles. The first-order valence-corrected chi connectivity index (χ1v) is 7.52. The molecule has 0 aliphatic rings. The summed E-state index contributed by atoms with van der Waals surface area (Å²) < 4.78 is 0. The Morgan fingerprint density at radius 2 is 2.14 bits per heavy atom. The molecule has 1 amide bonds. The molecule has 112 valence electrons. The lowest BCUT2D eigenvalue weighted by atomic mass is 10.2. The lowest BCUT2D eigenvalue weighted by Crippen LogP contribution is -2.24. The number of hydrogen-bond acceptors (Lipinski definition) is 3. The van der Waals surface area contributed by atoms with E-state index in [1.54, 1.807) is 18.3 Å². The number of amides is 1. The van der Waals surface area contributed by atoms with Crippen LogP contribution < -0.4 is 10.6 Å². The smallest absolute Gasteiger partial charge is 0.224 e. The van der Waals surface area contributed by atoms with Crippen LogP contribution in [0.3, 0.4) is 0 Å². The second-order valence-corrected chi connectivity index (χ2v) is 5.66. The molecule has 21 heavy (non-hydrogen) atoms. The molecule has 0 spiro atoms. The number of rotatable bonds is 6. The minimum absolute atomic E-state index is 0.00479. The van der Waals surface area contributed by atoms with E-state index in [9.17, 15) is 4.79 Å². The van der Waals surface area contributed by atoms with Crippen LogP contribution in [0, 0.1) is 0 Å². The van der Waals surface area contributed by atoms with E-state index < -0.39 is 0 Å². The van der Waals surface area contributed by atoms with Crippen LogP contribution in [0.25, 0.3) is 10.9 Å². The summed E-state index contributed by atoms with van der Waals surface area (Å²) in [6.45, 7) is 5.02. The van der Waals surface area contributed by atoms with Gasteiger partial charge >= 0.3 is 0 Å². The second kappa shape index (κ2) is 7.38. The van der Waals surface area contributed by atoms with Crippen LogP contribution in [0.15, 0.2) is 30.5 Å². The Morgan fingerprint density at radius 1 is 1.33 bits per heavy atom. The zero-order valence-corrected chi connectivity index (χ0v) is 13.1. The van der Waals surface area contributed by atoms with Crippen LogP contribution >= 0.6 is 11.6 Å². The van der Waals surface area contributed by atoms with Gasteiger partial charge in [0.05, 0.1) is 16.2 Å². The molecule has 4 nitrogen and oxygen atoms in total. The molecule has 0 saturated heterocycles. The Labute approximate surface area is 129 Å². The normalized spacial score (nSPS) is 11.0.